The first kappa shape index (κ1) is 6.16. The van der Waals surface area contributed by atoms with Crippen molar-refractivity contribution >= 4 is 0 Å². The predicted molar refractivity (Wildman–Crippen MR) is 44.0 cm³/mol. The van der Waals surface area contributed by atoms with E-state index in [1.165, 1.54) is 5.56 Å². The van der Waals surface area contributed by atoms with Crippen molar-refractivity contribution in [3.05, 3.63) is 43.0 Å². The standard InChI is InChI=1S/C9H8N2/c1-2-8(6-10-4-1)9-3-5-11-7-9/h1-7,11H. The minimum atomic E-state index is 1.15. The average Bonchev–Trinajstić information content (AvgIpc) is 2.58. The molecule has 0 aliphatic heterocycles. The smallest absolute Gasteiger partial charge is 0.0346 e. The van der Waals surface area contributed by atoms with E-state index in [0.29, 0.717) is 0 Å². The van der Waals surface area contributed by atoms with Gasteiger partial charge in [0.15, 0.2) is 0 Å². The molecule has 54 valence electrons. The number of nitrogens with zero attached hydrogens (tertiary/aromatic N) is 1. The maximum Gasteiger partial charge on any atom is 0.0346 e. The van der Waals surface area contributed by atoms with Crippen LogP contribution in [-0.4, -0.2) is 9.97 Å². The maximum absolute atomic E-state index is 4.03. The second kappa shape index (κ2) is 2.58. The number of aromatic nitrogens is 2. The Balaban J connectivity index is 2.46. The molecule has 0 aliphatic rings. The van der Waals surface area contributed by atoms with Crippen LogP contribution in [-0.2, 0) is 0 Å². The molecule has 2 heteroatoms. The van der Waals surface area contributed by atoms with Crippen molar-refractivity contribution in [3.8, 4) is 11.1 Å². The van der Waals surface area contributed by atoms with Crippen LogP contribution in [0.25, 0.3) is 11.1 Å². The van der Waals surface area contributed by atoms with E-state index in [0.717, 1.165) is 5.56 Å². The van der Waals surface area contributed by atoms with E-state index in [-0.39, 0.29) is 0 Å². The highest BCUT2D eigenvalue weighted by atomic mass is 14.6. The zero-order chi connectivity index (χ0) is 7.52. The Kier molecular flexibility index (Phi) is 1.44. The van der Waals surface area contributed by atoms with Gasteiger partial charge in [0.1, 0.15) is 0 Å². The highest BCUT2D eigenvalue weighted by Gasteiger charge is 1.93. The van der Waals surface area contributed by atoms with Crippen molar-refractivity contribution in [1.82, 2.24) is 9.97 Å². The molecule has 2 heterocycles. The van der Waals surface area contributed by atoms with Gasteiger partial charge in [0.2, 0.25) is 0 Å². The molecule has 0 atom stereocenters. The van der Waals surface area contributed by atoms with Gasteiger partial charge < -0.3 is 4.98 Å². The summed E-state index contributed by atoms with van der Waals surface area (Å²) >= 11 is 0. The van der Waals surface area contributed by atoms with Gasteiger partial charge in [0.25, 0.3) is 0 Å². The predicted octanol–water partition coefficient (Wildman–Crippen LogP) is 2.08. The summed E-state index contributed by atoms with van der Waals surface area (Å²) in [6.45, 7) is 0. The van der Waals surface area contributed by atoms with Gasteiger partial charge >= 0.3 is 0 Å². The Morgan fingerprint density at radius 2 is 2.18 bits per heavy atom. The second-order valence-electron chi connectivity index (χ2n) is 2.34. The van der Waals surface area contributed by atoms with Crippen LogP contribution < -0.4 is 0 Å². The zero-order valence-electron chi connectivity index (χ0n) is 5.99. The third kappa shape index (κ3) is 1.15. The number of H-pyrrole nitrogens is 1. The number of nitrogens with one attached hydrogen (secondary N) is 1. The lowest BCUT2D eigenvalue weighted by Crippen LogP contribution is -1.73. The molecular formula is C9H8N2. The van der Waals surface area contributed by atoms with Gasteiger partial charge in [0, 0.05) is 35.9 Å². The number of hydrogen-bond donors (Lipinski definition) is 1. The maximum atomic E-state index is 4.03. The molecule has 0 amide bonds. The van der Waals surface area contributed by atoms with Crippen LogP contribution in [0.5, 0.6) is 0 Å². The molecule has 11 heavy (non-hydrogen) atoms. The van der Waals surface area contributed by atoms with Gasteiger partial charge in [-0.25, -0.2) is 0 Å². The first-order valence-corrected chi connectivity index (χ1v) is 3.50. The lowest BCUT2D eigenvalue weighted by Gasteiger charge is -1.92. The Labute approximate surface area is 64.9 Å². The third-order valence-electron chi connectivity index (χ3n) is 1.59. The fourth-order valence-corrected chi connectivity index (χ4v) is 1.04. The molecule has 0 unspecified atom stereocenters. The minimum absolute atomic E-state index is 1.15. The Morgan fingerprint density at radius 3 is 2.82 bits per heavy atom. The summed E-state index contributed by atoms with van der Waals surface area (Å²) in [5, 5.41) is 0. The van der Waals surface area contributed by atoms with Gasteiger partial charge in [0.05, 0.1) is 0 Å². The fourth-order valence-electron chi connectivity index (χ4n) is 1.04. The van der Waals surface area contributed by atoms with Gasteiger partial charge in [-0.05, 0) is 12.1 Å². The quantitative estimate of drug-likeness (QED) is 0.652. The topological polar surface area (TPSA) is 28.7 Å². The third-order valence-corrected chi connectivity index (χ3v) is 1.59. The minimum Gasteiger partial charge on any atom is -0.367 e. The van der Waals surface area contributed by atoms with E-state index in [9.17, 15) is 0 Å². The van der Waals surface area contributed by atoms with Crippen LogP contribution >= 0.6 is 0 Å². The summed E-state index contributed by atoms with van der Waals surface area (Å²) in [4.78, 5) is 7.03. The fraction of sp³-hybridized carbons (Fsp3) is 0. The SMILES string of the molecule is c1cncc(-c2cc[nH]c2)c1. The number of pyridine rings is 1. The Morgan fingerprint density at radius 1 is 1.18 bits per heavy atom. The first-order chi connectivity index (χ1) is 5.47. The highest BCUT2D eigenvalue weighted by molar-refractivity contribution is 5.60. The summed E-state index contributed by atoms with van der Waals surface area (Å²) in [6, 6.07) is 6.00. The van der Waals surface area contributed by atoms with Crippen molar-refractivity contribution in [2.45, 2.75) is 0 Å². The molecule has 2 rings (SSSR count). The molecule has 2 nitrogen and oxygen atoms in total. The van der Waals surface area contributed by atoms with Gasteiger partial charge in [-0.1, -0.05) is 6.07 Å². The van der Waals surface area contributed by atoms with Crippen LogP contribution in [0.4, 0.5) is 0 Å². The Hall–Kier alpha value is -1.57. The van der Waals surface area contributed by atoms with Gasteiger partial charge in [-0.15, -0.1) is 0 Å². The van der Waals surface area contributed by atoms with E-state index >= 15 is 0 Å². The summed E-state index contributed by atoms with van der Waals surface area (Å²) < 4.78 is 0. The molecule has 0 radical (unpaired) electrons. The van der Waals surface area contributed by atoms with E-state index in [1.807, 2.05) is 36.8 Å². The van der Waals surface area contributed by atoms with E-state index in [4.69, 9.17) is 0 Å². The lowest BCUT2D eigenvalue weighted by atomic mass is 10.2. The molecule has 2 aromatic rings. The monoisotopic (exact) mass is 144 g/mol. The second-order valence-corrected chi connectivity index (χ2v) is 2.34. The first-order valence-electron chi connectivity index (χ1n) is 3.50. The molecule has 0 aliphatic carbocycles. The molecule has 2 aromatic heterocycles. The molecule has 0 aromatic carbocycles. The largest absolute Gasteiger partial charge is 0.367 e. The van der Waals surface area contributed by atoms with Crippen LogP contribution in [0.3, 0.4) is 0 Å². The van der Waals surface area contributed by atoms with Crippen molar-refractivity contribution in [2.75, 3.05) is 0 Å². The molecule has 0 saturated heterocycles. The van der Waals surface area contributed by atoms with Crippen molar-refractivity contribution in [3.63, 3.8) is 0 Å². The molecular weight excluding hydrogens is 136 g/mol. The van der Waals surface area contributed by atoms with E-state index in [2.05, 4.69) is 9.97 Å². The molecule has 0 bridgehead atoms. The van der Waals surface area contributed by atoms with Gasteiger partial charge in [-0.3, -0.25) is 4.98 Å². The van der Waals surface area contributed by atoms with Crippen LogP contribution in [0.15, 0.2) is 43.0 Å². The van der Waals surface area contributed by atoms with Crippen LogP contribution in [0.2, 0.25) is 0 Å². The molecule has 0 fully saturated rings. The highest BCUT2D eigenvalue weighted by Crippen LogP contribution is 2.15. The Bertz CT molecular complexity index is 311. The summed E-state index contributed by atoms with van der Waals surface area (Å²) in [5.74, 6) is 0. The van der Waals surface area contributed by atoms with Crippen LogP contribution in [0, 0.1) is 0 Å². The van der Waals surface area contributed by atoms with Crippen LogP contribution in [0.1, 0.15) is 0 Å². The summed E-state index contributed by atoms with van der Waals surface area (Å²) in [6.07, 6.45) is 7.48. The summed E-state index contributed by atoms with van der Waals surface area (Å²) in [7, 11) is 0. The van der Waals surface area contributed by atoms with Crippen molar-refractivity contribution < 1.29 is 0 Å². The molecule has 0 spiro atoms. The molecule has 1 N–H and O–H groups in total. The van der Waals surface area contributed by atoms with E-state index < -0.39 is 0 Å². The molecule has 0 saturated carbocycles. The van der Waals surface area contributed by atoms with Crippen molar-refractivity contribution in [2.24, 2.45) is 0 Å². The average molecular weight is 144 g/mol. The van der Waals surface area contributed by atoms with E-state index in [1.54, 1.807) is 6.20 Å². The summed E-state index contributed by atoms with van der Waals surface area (Å²) in [5.41, 5.74) is 2.33. The van der Waals surface area contributed by atoms with Crippen molar-refractivity contribution in [1.29, 1.82) is 0 Å². The number of aromatic amines is 1. The normalized spacial score (nSPS) is 9.82. The number of hydrogen-bond acceptors (Lipinski definition) is 1. The number of rotatable bonds is 1. The zero-order valence-corrected chi connectivity index (χ0v) is 5.99. The lowest BCUT2D eigenvalue weighted by molar-refractivity contribution is 1.33. The van der Waals surface area contributed by atoms with Gasteiger partial charge in [-0.2, -0.15) is 0 Å².